The highest BCUT2D eigenvalue weighted by Crippen LogP contribution is 2.36. The number of carbonyl (C=O) groups is 1. The molecule has 0 aliphatic carbocycles. The highest BCUT2D eigenvalue weighted by molar-refractivity contribution is 5.80. The minimum absolute atomic E-state index is 0.0446. The van der Waals surface area contributed by atoms with E-state index in [4.69, 9.17) is 0 Å². The number of piperidine rings is 1. The Balaban J connectivity index is 1.77. The van der Waals surface area contributed by atoms with Gasteiger partial charge in [-0.05, 0) is 31.9 Å². The maximum atomic E-state index is 13.3. The van der Waals surface area contributed by atoms with Gasteiger partial charge < -0.3 is 15.1 Å². The number of rotatable bonds is 2. The van der Waals surface area contributed by atoms with E-state index in [2.05, 4.69) is 10.3 Å². The third-order valence-corrected chi connectivity index (χ3v) is 4.95. The molecule has 0 aromatic carbocycles. The monoisotopic (exact) mass is 356 g/mol. The Hall–Kier alpha value is -1.83. The Morgan fingerprint density at radius 3 is 2.88 bits per heavy atom. The topological polar surface area (TPSA) is 48.5 Å². The first-order chi connectivity index (χ1) is 11.9. The van der Waals surface area contributed by atoms with Gasteiger partial charge in [-0.1, -0.05) is 0 Å². The average molecular weight is 356 g/mol. The van der Waals surface area contributed by atoms with E-state index in [9.17, 15) is 18.0 Å². The van der Waals surface area contributed by atoms with Crippen molar-refractivity contribution in [2.75, 3.05) is 37.6 Å². The summed E-state index contributed by atoms with van der Waals surface area (Å²) in [6, 6.07) is 2.45. The Bertz CT molecular complexity index is 622. The number of aromatic nitrogens is 1. The molecule has 1 aromatic heterocycles. The fourth-order valence-electron chi connectivity index (χ4n) is 3.64. The molecular formula is C17H23F3N4O. The molecule has 2 aliphatic heterocycles. The molecule has 8 heteroatoms. The van der Waals surface area contributed by atoms with Gasteiger partial charge in [-0.3, -0.25) is 4.79 Å². The van der Waals surface area contributed by atoms with Crippen LogP contribution in [0.4, 0.5) is 19.0 Å². The number of carbonyl (C=O) groups excluding carboxylic acids is 1. The maximum absolute atomic E-state index is 13.3. The second-order valence-corrected chi connectivity index (χ2v) is 6.74. The van der Waals surface area contributed by atoms with Gasteiger partial charge in [0, 0.05) is 45.0 Å². The molecule has 138 valence electrons. The van der Waals surface area contributed by atoms with Gasteiger partial charge in [0.25, 0.3) is 0 Å². The number of halogens is 3. The SMILES string of the molecule is C[C@@H]1CNCCN1C(=O)C1CCCN(c2ncccc2C(F)(F)F)C1. The smallest absolute Gasteiger partial charge is 0.355 e. The van der Waals surface area contributed by atoms with Gasteiger partial charge in [0.15, 0.2) is 0 Å². The van der Waals surface area contributed by atoms with Crippen LogP contribution in [0.15, 0.2) is 18.3 Å². The molecule has 5 nitrogen and oxygen atoms in total. The number of anilines is 1. The van der Waals surface area contributed by atoms with E-state index < -0.39 is 11.7 Å². The highest BCUT2D eigenvalue weighted by atomic mass is 19.4. The van der Waals surface area contributed by atoms with Gasteiger partial charge >= 0.3 is 6.18 Å². The molecule has 1 aromatic rings. The van der Waals surface area contributed by atoms with Crippen LogP contribution in [0.2, 0.25) is 0 Å². The van der Waals surface area contributed by atoms with Crippen molar-refractivity contribution >= 4 is 11.7 Å². The van der Waals surface area contributed by atoms with Crippen molar-refractivity contribution in [3.8, 4) is 0 Å². The highest BCUT2D eigenvalue weighted by Gasteiger charge is 2.38. The Labute approximate surface area is 145 Å². The van der Waals surface area contributed by atoms with E-state index in [1.165, 1.54) is 12.3 Å². The third-order valence-electron chi connectivity index (χ3n) is 4.95. The van der Waals surface area contributed by atoms with Gasteiger partial charge in [-0.2, -0.15) is 13.2 Å². The normalized spacial score (nSPS) is 25.1. The Kier molecular flexibility index (Phi) is 5.17. The fourth-order valence-corrected chi connectivity index (χ4v) is 3.64. The van der Waals surface area contributed by atoms with Gasteiger partial charge in [-0.25, -0.2) is 4.98 Å². The zero-order valence-electron chi connectivity index (χ0n) is 14.2. The summed E-state index contributed by atoms with van der Waals surface area (Å²) in [4.78, 5) is 20.3. The number of pyridine rings is 1. The van der Waals surface area contributed by atoms with Crippen molar-refractivity contribution < 1.29 is 18.0 Å². The zero-order chi connectivity index (χ0) is 18.0. The van der Waals surface area contributed by atoms with Crippen molar-refractivity contribution in [1.82, 2.24) is 15.2 Å². The lowest BCUT2D eigenvalue weighted by atomic mass is 9.95. The number of hydrogen-bond donors (Lipinski definition) is 1. The number of hydrogen-bond acceptors (Lipinski definition) is 4. The van der Waals surface area contributed by atoms with E-state index in [1.807, 2.05) is 11.8 Å². The van der Waals surface area contributed by atoms with Crippen LogP contribution in [0.3, 0.4) is 0 Å². The Morgan fingerprint density at radius 2 is 2.16 bits per heavy atom. The molecule has 3 rings (SSSR count). The number of piperazine rings is 1. The lowest BCUT2D eigenvalue weighted by Crippen LogP contribution is -2.55. The standard InChI is InChI=1S/C17H23F3N4O/c1-12-10-21-7-9-24(12)16(25)13-4-3-8-23(11-13)15-14(17(18,19)20)5-2-6-22-15/h2,5-6,12-13,21H,3-4,7-11H2,1H3/t12-,13?/m1/s1. The van der Waals surface area contributed by atoms with Crippen LogP contribution < -0.4 is 10.2 Å². The average Bonchev–Trinajstić information content (AvgIpc) is 2.61. The molecule has 0 radical (unpaired) electrons. The number of amides is 1. The van der Waals surface area contributed by atoms with Crippen molar-refractivity contribution in [2.24, 2.45) is 5.92 Å². The predicted octanol–water partition coefficient (Wildman–Crippen LogP) is 2.14. The number of alkyl halides is 3. The van der Waals surface area contributed by atoms with Crippen LogP contribution in [0.1, 0.15) is 25.3 Å². The Morgan fingerprint density at radius 1 is 1.36 bits per heavy atom. The van der Waals surface area contributed by atoms with Crippen molar-refractivity contribution in [3.63, 3.8) is 0 Å². The summed E-state index contributed by atoms with van der Waals surface area (Å²) in [5.41, 5.74) is -0.737. The van der Waals surface area contributed by atoms with Crippen molar-refractivity contribution in [1.29, 1.82) is 0 Å². The van der Waals surface area contributed by atoms with Crippen molar-refractivity contribution in [3.05, 3.63) is 23.9 Å². The van der Waals surface area contributed by atoms with E-state index >= 15 is 0 Å². The van der Waals surface area contributed by atoms with Gasteiger partial charge in [-0.15, -0.1) is 0 Å². The summed E-state index contributed by atoms with van der Waals surface area (Å²) in [5.74, 6) is -0.304. The summed E-state index contributed by atoms with van der Waals surface area (Å²) in [6.45, 7) is 4.92. The summed E-state index contributed by atoms with van der Waals surface area (Å²) >= 11 is 0. The fraction of sp³-hybridized carbons (Fsp3) is 0.647. The molecule has 0 bridgehead atoms. The van der Waals surface area contributed by atoms with Crippen LogP contribution in [0.25, 0.3) is 0 Å². The first kappa shape index (κ1) is 18.0. The largest absolute Gasteiger partial charge is 0.419 e. The molecule has 2 fully saturated rings. The molecule has 2 aliphatic rings. The summed E-state index contributed by atoms with van der Waals surface area (Å²) in [7, 11) is 0. The number of nitrogens with one attached hydrogen (secondary N) is 1. The van der Waals surface area contributed by atoms with E-state index in [-0.39, 0.29) is 30.2 Å². The molecule has 0 spiro atoms. The molecule has 1 N–H and O–H groups in total. The van der Waals surface area contributed by atoms with Gasteiger partial charge in [0.1, 0.15) is 5.82 Å². The second-order valence-electron chi connectivity index (χ2n) is 6.74. The summed E-state index contributed by atoms with van der Waals surface area (Å²) in [6.07, 6.45) is -1.69. The first-order valence-corrected chi connectivity index (χ1v) is 8.66. The van der Waals surface area contributed by atoms with Crippen LogP contribution in [-0.2, 0) is 11.0 Å². The van der Waals surface area contributed by atoms with Gasteiger partial charge in [0.2, 0.25) is 5.91 Å². The molecule has 3 heterocycles. The molecule has 2 atom stereocenters. The second kappa shape index (κ2) is 7.19. The maximum Gasteiger partial charge on any atom is 0.419 e. The molecule has 1 amide bonds. The van der Waals surface area contributed by atoms with E-state index in [1.54, 1.807) is 4.90 Å². The zero-order valence-corrected chi connectivity index (χ0v) is 14.2. The van der Waals surface area contributed by atoms with Crippen molar-refractivity contribution in [2.45, 2.75) is 32.0 Å². The quantitative estimate of drug-likeness (QED) is 0.882. The summed E-state index contributed by atoms with van der Waals surface area (Å²) < 4.78 is 39.8. The van der Waals surface area contributed by atoms with E-state index in [0.29, 0.717) is 25.9 Å². The van der Waals surface area contributed by atoms with E-state index in [0.717, 1.165) is 19.2 Å². The number of nitrogens with zero attached hydrogens (tertiary/aromatic N) is 3. The minimum Gasteiger partial charge on any atom is -0.355 e. The minimum atomic E-state index is -4.45. The van der Waals surface area contributed by atoms with Crippen LogP contribution in [-0.4, -0.2) is 54.6 Å². The lowest BCUT2D eigenvalue weighted by molar-refractivity contribution is -0.138. The van der Waals surface area contributed by atoms with Crippen LogP contribution in [0.5, 0.6) is 0 Å². The lowest BCUT2D eigenvalue weighted by Gasteiger charge is -2.40. The summed E-state index contributed by atoms with van der Waals surface area (Å²) in [5, 5.41) is 3.24. The molecular weight excluding hydrogens is 333 g/mol. The molecule has 0 saturated carbocycles. The molecule has 2 saturated heterocycles. The first-order valence-electron chi connectivity index (χ1n) is 8.66. The predicted molar refractivity (Wildman–Crippen MR) is 88.2 cm³/mol. The van der Waals surface area contributed by atoms with Crippen LogP contribution in [0, 0.1) is 5.92 Å². The molecule has 25 heavy (non-hydrogen) atoms. The van der Waals surface area contributed by atoms with Gasteiger partial charge in [0.05, 0.1) is 11.5 Å². The third kappa shape index (κ3) is 3.89. The molecule has 1 unspecified atom stereocenters. The van der Waals surface area contributed by atoms with Crippen LogP contribution >= 0.6 is 0 Å².